The Bertz CT molecular complexity index is 581. The Morgan fingerprint density at radius 2 is 2.29 bits per heavy atom. The van der Waals surface area contributed by atoms with Crippen LogP contribution in [0.5, 0.6) is 5.75 Å². The third kappa shape index (κ3) is 4.24. The summed E-state index contributed by atoms with van der Waals surface area (Å²) in [5.41, 5.74) is 6.79. The van der Waals surface area contributed by atoms with Gasteiger partial charge in [-0.15, -0.1) is 0 Å². The molecule has 21 heavy (non-hydrogen) atoms. The van der Waals surface area contributed by atoms with E-state index in [0.717, 1.165) is 19.4 Å². The number of ether oxygens (including phenoxy) is 1. The van der Waals surface area contributed by atoms with Crippen LogP contribution in [0.2, 0.25) is 0 Å². The SMILES string of the molecule is COc1ccc(C(=O)NCCCCn2ccnc2)cc1N. The van der Waals surface area contributed by atoms with Gasteiger partial charge in [-0.25, -0.2) is 4.98 Å². The Labute approximate surface area is 123 Å². The third-order valence-corrected chi connectivity index (χ3v) is 3.18. The number of nitrogens with two attached hydrogens (primary N) is 1. The van der Waals surface area contributed by atoms with Crippen molar-refractivity contribution in [1.82, 2.24) is 14.9 Å². The minimum Gasteiger partial charge on any atom is -0.495 e. The number of nitrogen functional groups attached to an aromatic ring is 1. The predicted molar refractivity (Wildman–Crippen MR) is 81.2 cm³/mol. The van der Waals surface area contributed by atoms with Crippen LogP contribution < -0.4 is 15.8 Å². The van der Waals surface area contributed by atoms with Crippen LogP contribution in [0.3, 0.4) is 0 Å². The smallest absolute Gasteiger partial charge is 0.251 e. The molecule has 0 aliphatic rings. The zero-order valence-corrected chi connectivity index (χ0v) is 12.1. The first-order valence-corrected chi connectivity index (χ1v) is 6.88. The molecule has 0 fully saturated rings. The summed E-state index contributed by atoms with van der Waals surface area (Å²) in [6.45, 7) is 1.55. The van der Waals surface area contributed by atoms with Crippen LogP contribution in [0.1, 0.15) is 23.2 Å². The number of carbonyl (C=O) groups is 1. The molecule has 1 heterocycles. The zero-order chi connectivity index (χ0) is 15.1. The van der Waals surface area contributed by atoms with Gasteiger partial charge in [-0.2, -0.15) is 0 Å². The number of aromatic nitrogens is 2. The molecule has 1 aromatic heterocycles. The van der Waals surface area contributed by atoms with Crippen molar-refractivity contribution in [1.29, 1.82) is 0 Å². The fourth-order valence-electron chi connectivity index (χ4n) is 2.02. The standard InChI is InChI=1S/C15H20N4O2/c1-21-14-5-4-12(10-13(14)16)15(20)18-6-2-3-8-19-9-7-17-11-19/h4-5,7,9-11H,2-3,6,8,16H2,1H3,(H,18,20). The minimum atomic E-state index is -0.119. The van der Waals surface area contributed by atoms with Crippen LogP contribution in [0.4, 0.5) is 5.69 Å². The summed E-state index contributed by atoms with van der Waals surface area (Å²) in [5, 5.41) is 2.88. The van der Waals surface area contributed by atoms with Crippen molar-refractivity contribution >= 4 is 11.6 Å². The highest BCUT2D eigenvalue weighted by Crippen LogP contribution is 2.21. The Hall–Kier alpha value is -2.50. The number of hydrogen-bond acceptors (Lipinski definition) is 4. The highest BCUT2D eigenvalue weighted by Gasteiger charge is 2.07. The summed E-state index contributed by atoms with van der Waals surface area (Å²) in [5.74, 6) is 0.457. The van der Waals surface area contributed by atoms with E-state index in [1.54, 1.807) is 37.8 Å². The molecule has 0 radical (unpaired) electrons. The van der Waals surface area contributed by atoms with Crippen LogP contribution in [-0.2, 0) is 6.54 Å². The van der Waals surface area contributed by atoms with E-state index in [9.17, 15) is 4.79 Å². The molecule has 0 aliphatic carbocycles. The molecule has 0 spiro atoms. The fraction of sp³-hybridized carbons (Fsp3) is 0.333. The van der Waals surface area contributed by atoms with Crippen LogP contribution in [-0.4, -0.2) is 29.1 Å². The Kier molecular flexibility index (Phi) is 5.20. The molecule has 2 aromatic rings. The van der Waals surface area contributed by atoms with E-state index < -0.39 is 0 Å². The number of methoxy groups -OCH3 is 1. The maximum absolute atomic E-state index is 12.0. The van der Waals surface area contributed by atoms with E-state index in [2.05, 4.69) is 10.3 Å². The lowest BCUT2D eigenvalue weighted by Crippen LogP contribution is -2.24. The molecule has 6 heteroatoms. The lowest BCUT2D eigenvalue weighted by Gasteiger charge is -2.08. The van der Waals surface area contributed by atoms with Crippen LogP contribution in [0.25, 0.3) is 0 Å². The van der Waals surface area contributed by atoms with E-state index in [1.807, 2.05) is 10.8 Å². The average Bonchev–Trinajstić information content (AvgIpc) is 3.00. The normalized spacial score (nSPS) is 10.3. The number of nitrogens with zero attached hydrogens (tertiary/aromatic N) is 2. The molecule has 0 saturated carbocycles. The van der Waals surface area contributed by atoms with Crippen molar-refractivity contribution in [2.24, 2.45) is 0 Å². The predicted octanol–water partition coefficient (Wildman–Crippen LogP) is 1.68. The number of amides is 1. The number of rotatable bonds is 7. The highest BCUT2D eigenvalue weighted by molar-refractivity contribution is 5.95. The number of carbonyl (C=O) groups excluding carboxylic acids is 1. The number of nitrogens with one attached hydrogen (secondary N) is 1. The van der Waals surface area contributed by atoms with Gasteiger partial charge in [0.1, 0.15) is 5.75 Å². The van der Waals surface area contributed by atoms with Gasteiger partial charge in [0.2, 0.25) is 0 Å². The highest BCUT2D eigenvalue weighted by atomic mass is 16.5. The van der Waals surface area contributed by atoms with Crippen molar-refractivity contribution in [3.05, 3.63) is 42.5 Å². The number of unbranched alkanes of at least 4 members (excludes halogenated alkanes) is 1. The molecule has 2 rings (SSSR count). The van der Waals surface area contributed by atoms with Gasteiger partial charge < -0.3 is 20.4 Å². The van der Waals surface area contributed by atoms with E-state index in [-0.39, 0.29) is 5.91 Å². The quantitative estimate of drug-likeness (QED) is 0.600. The third-order valence-electron chi connectivity index (χ3n) is 3.18. The van der Waals surface area contributed by atoms with Crippen LogP contribution in [0, 0.1) is 0 Å². The molecule has 112 valence electrons. The van der Waals surface area contributed by atoms with E-state index >= 15 is 0 Å². The fourth-order valence-corrected chi connectivity index (χ4v) is 2.02. The molecular weight excluding hydrogens is 268 g/mol. The van der Waals surface area contributed by atoms with Crippen molar-refractivity contribution in [2.75, 3.05) is 19.4 Å². The van der Waals surface area contributed by atoms with Gasteiger partial charge >= 0.3 is 0 Å². The zero-order valence-electron chi connectivity index (χ0n) is 12.1. The second-order valence-corrected chi connectivity index (χ2v) is 4.72. The van der Waals surface area contributed by atoms with Crippen molar-refractivity contribution < 1.29 is 9.53 Å². The molecule has 1 amide bonds. The first-order chi connectivity index (χ1) is 10.2. The monoisotopic (exact) mass is 288 g/mol. The number of aryl methyl sites for hydroxylation is 1. The number of benzene rings is 1. The molecule has 6 nitrogen and oxygen atoms in total. The lowest BCUT2D eigenvalue weighted by atomic mass is 10.1. The number of hydrogen-bond donors (Lipinski definition) is 2. The van der Waals surface area contributed by atoms with E-state index in [1.165, 1.54) is 0 Å². The molecule has 0 aliphatic heterocycles. The van der Waals surface area contributed by atoms with E-state index in [4.69, 9.17) is 10.5 Å². The van der Waals surface area contributed by atoms with E-state index in [0.29, 0.717) is 23.5 Å². The summed E-state index contributed by atoms with van der Waals surface area (Å²) in [4.78, 5) is 15.9. The van der Waals surface area contributed by atoms with Gasteiger partial charge in [0.15, 0.2) is 0 Å². The van der Waals surface area contributed by atoms with Crippen molar-refractivity contribution in [3.8, 4) is 5.75 Å². The van der Waals surface area contributed by atoms with Gasteiger partial charge in [0.25, 0.3) is 5.91 Å². The first kappa shape index (κ1) is 14.9. The molecular formula is C15H20N4O2. The Morgan fingerprint density at radius 3 is 2.95 bits per heavy atom. The van der Waals surface area contributed by atoms with Crippen LogP contribution in [0.15, 0.2) is 36.9 Å². The molecule has 0 atom stereocenters. The molecule has 0 bridgehead atoms. The summed E-state index contributed by atoms with van der Waals surface area (Å²) in [7, 11) is 1.55. The lowest BCUT2D eigenvalue weighted by molar-refractivity contribution is 0.0953. The number of anilines is 1. The molecule has 3 N–H and O–H groups in total. The van der Waals surface area contributed by atoms with Crippen molar-refractivity contribution in [3.63, 3.8) is 0 Å². The molecule has 0 saturated heterocycles. The summed E-state index contributed by atoms with van der Waals surface area (Å²) >= 11 is 0. The second-order valence-electron chi connectivity index (χ2n) is 4.72. The topological polar surface area (TPSA) is 82.2 Å². The van der Waals surface area contributed by atoms with Gasteiger partial charge in [0.05, 0.1) is 19.1 Å². The Morgan fingerprint density at radius 1 is 1.43 bits per heavy atom. The van der Waals surface area contributed by atoms with Gasteiger partial charge in [0, 0.05) is 31.0 Å². The Balaban J connectivity index is 1.73. The maximum Gasteiger partial charge on any atom is 0.251 e. The summed E-state index contributed by atoms with van der Waals surface area (Å²) in [6, 6.07) is 5.03. The second kappa shape index (κ2) is 7.33. The van der Waals surface area contributed by atoms with Gasteiger partial charge in [-0.05, 0) is 31.0 Å². The first-order valence-electron chi connectivity index (χ1n) is 6.88. The van der Waals surface area contributed by atoms with Gasteiger partial charge in [-0.3, -0.25) is 4.79 Å². The summed E-state index contributed by atoms with van der Waals surface area (Å²) < 4.78 is 7.08. The molecule has 1 aromatic carbocycles. The van der Waals surface area contributed by atoms with Gasteiger partial charge in [-0.1, -0.05) is 0 Å². The maximum atomic E-state index is 12.0. The largest absolute Gasteiger partial charge is 0.495 e. The van der Waals surface area contributed by atoms with Crippen molar-refractivity contribution in [2.45, 2.75) is 19.4 Å². The average molecular weight is 288 g/mol. The minimum absolute atomic E-state index is 0.119. The van der Waals surface area contributed by atoms with Crippen LogP contribution >= 0.6 is 0 Å². The summed E-state index contributed by atoms with van der Waals surface area (Å²) in [6.07, 6.45) is 7.38. The molecule has 0 unspecified atom stereocenters. The number of imidazole rings is 1.